The highest BCUT2D eigenvalue weighted by atomic mass is 32.2. The number of ketones is 1. The first-order valence-electron chi connectivity index (χ1n) is 9.68. The molecule has 0 spiro atoms. The van der Waals surface area contributed by atoms with Crippen LogP contribution in [0.1, 0.15) is 46.1 Å². The third-order valence-electron chi connectivity index (χ3n) is 5.10. The van der Waals surface area contributed by atoms with E-state index in [1.807, 2.05) is 49.7 Å². The van der Waals surface area contributed by atoms with Gasteiger partial charge >= 0.3 is 0 Å². The van der Waals surface area contributed by atoms with Crippen LogP contribution < -0.4 is 0 Å². The van der Waals surface area contributed by atoms with Gasteiger partial charge in [-0.05, 0) is 32.4 Å². The summed E-state index contributed by atoms with van der Waals surface area (Å²) in [6, 6.07) is 12.3. The van der Waals surface area contributed by atoms with Gasteiger partial charge in [-0.2, -0.15) is 0 Å². The quantitative estimate of drug-likeness (QED) is 0.393. The van der Waals surface area contributed by atoms with Gasteiger partial charge in [-0.3, -0.25) is 4.79 Å². The number of aromatic nitrogens is 4. The summed E-state index contributed by atoms with van der Waals surface area (Å²) in [5.74, 6) is 1.32. The van der Waals surface area contributed by atoms with Gasteiger partial charge in [0.2, 0.25) is 0 Å². The minimum absolute atomic E-state index is 0.103. The van der Waals surface area contributed by atoms with Crippen molar-refractivity contribution < 1.29 is 9.53 Å². The van der Waals surface area contributed by atoms with Gasteiger partial charge in [0.1, 0.15) is 5.82 Å². The summed E-state index contributed by atoms with van der Waals surface area (Å²) < 4.78 is 9.41. The van der Waals surface area contributed by atoms with Crippen LogP contribution in [0.15, 0.2) is 41.6 Å². The maximum Gasteiger partial charge on any atom is 0.191 e. The second kappa shape index (κ2) is 9.41. The molecule has 0 bridgehead atoms. The molecule has 0 aliphatic heterocycles. The van der Waals surface area contributed by atoms with Gasteiger partial charge in [-0.15, -0.1) is 10.2 Å². The molecule has 3 rings (SSSR count). The molecule has 1 unspecified atom stereocenters. The summed E-state index contributed by atoms with van der Waals surface area (Å²) in [6.07, 6.45) is 0.720. The SMILES string of the molecule is COCC(C)n1c(C)cc(C(=O)CSc2nnc(Cc3ccccc3)n2C)c1C. The normalized spacial score (nSPS) is 12.3. The molecule has 0 N–H and O–H groups in total. The largest absolute Gasteiger partial charge is 0.383 e. The van der Waals surface area contributed by atoms with Crippen molar-refractivity contribution in [2.24, 2.45) is 7.05 Å². The number of thioether (sulfide) groups is 1. The van der Waals surface area contributed by atoms with Crippen molar-refractivity contribution in [3.05, 3.63) is 64.7 Å². The predicted molar refractivity (Wildman–Crippen MR) is 116 cm³/mol. The van der Waals surface area contributed by atoms with E-state index in [0.717, 1.165) is 34.4 Å². The third-order valence-corrected chi connectivity index (χ3v) is 6.12. The molecule has 0 aliphatic rings. The fraction of sp³-hybridized carbons (Fsp3) is 0.409. The summed E-state index contributed by atoms with van der Waals surface area (Å²) in [6.45, 7) is 6.74. The molecule has 0 radical (unpaired) electrons. The van der Waals surface area contributed by atoms with Crippen molar-refractivity contribution in [1.82, 2.24) is 19.3 Å². The molecule has 0 fully saturated rings. The first-order chi connectivity index (χ1) is 13.9. The van der Waals surface area contributed by atoms with Gasteiger partial charge in [-0.1, -0.05) is 42.1 Å². The fourth-order valence-corrected chi connectivity index (χ4v) is 4.48. The Morgan fingerprint density at radius 1 is 1.21 bits per heavy atom. The number of benzene rings is 1. The number of methoxy groups -OCH3 is 1. The minimum atomic E-state index is 0.103. The lowest BCUT2D eigenvalue weighted by Crippen LogP contribution is -2.14. The fourth-order valence-electron chi connectivity index (χ4n) is 3.66. The Kier molecular flexibility index (Phi) is 6.92. The highest BCUT2D eigenvalue weighted by molar-refractivity contribution is 7.99. The van der Waals surface area contributed by atoms with E-state index in [4.69, 9.17) is 4.74 Å². The van der Waals surface area contributed by atoms with Gasteiger partial charge in [-0.25, -0.2) is 0 Å². The van der Waals surface area contributed by atoms with Crippen LogP contribution in [-0.4, -0.2) is 44.6 Å². The second-order valence-corrected chi connectivity index (χ2v) is 8.23. The standard InChI is InChI=1S/C22H28N4O2S/c1-15-11-19(17(3)26(15)16(2)13-28-5)20(27)14-29-22-24-23-21(25(22)4)12-18-9-7-6-8-10-18/h6-11,16H,12-14H2,1-5H3. The molecule has 1 aromatic carbocycles. The topological polar surface area (TPSA) is 61.9 Å². The van der Waals surface area contributed by atoms with Crippen LogP contribution in [0.2, 0.25) is 0 Å². The van der Waals surface area contributed by atoms with E-state index in [9.17, 15) is 4.79 Å². The molecular weight excluding hydrogens is 384 g/mol. The highest BCUT2D eigenvalue weighted by Gasteiger charge is 2.20. The number of carbonyl (C=O) groups excluding carboxylic acids is 1. The molecule has 6 nitrogen and oxygen atoms in total. The lowest BCUT2D eigenvalue weighted by atomic mass is 10.1. The highest BCUT2D eigenvalue weighted by Crippen LogP contribution is 2.24. The van der Waals surface area contributed by atoms with E-state index in [-0.39, 0.29) is 11.8 Å². The maximum atomic E-state index is 12.9. The molecule has 0 saturated carbocycles. The van der Waals surface area contributed by atoms with Crippen LogP contribution >= 0.6 is 11.8 Å². The van der Waals surface area contributed by atoms with Crippen LogP contribution in [0.3, 0.4) is 0 Å². The van der Waals surface area contributed by atoms with Gasteiger partial charge in [0.25, 0.3) is 0 Å². The van der Waals surface area contributed by atoms with E-state index in [0.29, 0.717) is 12.4 Å². The van der Waals surface area contributed by atoms with E-state index in [2.05, 4.69) is 33.8 Å². The number of nitrogens with zero attached hydrogens (tertiary/aromatic N) is 4. The zero-order chi connectivity index (χ0) is 21.0. The van der Waals surface area contributed by atoms with E-state index >= 15 is 0 Å². The van der Waals surface area contributed by atoms with Gasteiger partial charge < -0.3 is 13.9 Å². The average molecular weight is 413 g/mol. The van der Waals surface area contributed by atoms with Crippen molar-refractivity contribution in [2.75, 3.05) is 19.5 Å². The number of carbonyl (C=O) groups is 1. The smallest absolute Gasteiger partial charge is 0.191 e. The van der Waals surface area contributed by atoms with Gasteiger partial charge in [0.05, 0.1) is 18.4 Å². The van der Waals surface area contributed by atoms with Crippen LogP contribution in [-0.2, 0) is 18.2 Å². The summed E-state index contributed by atoms with van der Waals surface area (Å²) in [4.78, 5) is 12.9. The number of aryl methyl sites for hydroxylation is 1. The second-order valence-electron chi connectivity index (χ2n) is 7.29. The van der Waals surface area contributed by atoms with Crippen molar-refractivity contribution in [2.45, 2.75) is 38.4 Å². The third kappa shape index (κ3) is 4.79. The van der Waals surface area contributed by atoms with E-state index < -0.39 is 0 Å². The Morgan fingerprint density at radius 2 is 1.93 bits per heavy atom. The lowest BCUT2D eigenvalue weighted by molar-refractivity contribution is 0.102. The van der Waals surface area contributed by atoms with Crippen LogP contribution in [0.5, 0.6) is 0 Å². The van der Waals surface area contributed by atoms with Gasteiger partial charge in [0.15, 0.2) is 10.9 Å². The summed E-state index contributed by atoms with van der Waals surface area (Å²) >= 11 is 1.43. The Bertz CT molecular complexity index is 978. The predicted octanol–water partition coefficient (Wildman–Crippen LogP) is 4.01. The maximum absolute atomic E-state index is 12.9. The summed E-state index contributed by atoms with van der Waals surface area (Å²) in [7, 11) is 3.64. The summed E-state index contributed by atoms with van der Waals surface area (Å²) in [5, 5.41) is 9.34. The van der Waals surface area contributed by atoms with Gasteiger partial charge in [0, 0.05) is 37.5 Å². The first-order valence-corrected chi connectivity index (χ1v) is 10.7. The molecule has 3 aromatic rings. The van der Waals surface area contributed by atoms with E-state index in [1.165, 1.54) is 17.3 Å². The number of rotatable bonds is 9. The number of hydrogen-bond donors (Lipinski definition) is 0. The average Bonchev–Trinajstić information content (AvgIpc) is 3.20. The van der Waals surface area contributed by atoms with Crippen LogP contribution in [0, 0.1) is 13.8 Å². The van der Waals surface area contributed by atoms with Crippen molar-refractivity contribution in [3.8, 4) is 0 Å². The van der Waals surface area contributed by atoms with Crippen molar-refractivity contribution in [1.29, 1.82) is 0 Å². The first kappa shape index (κ1) is 21.3. The van der Waals surface area contributed by atoms with Crippen LogP contribution in [0.4, 0.5) is 0 Å². The molecule has 1 atom stereocenters. The molecule has 154 valence electrons. The Hall–Kier alpha value is -2.38. The molecule has 2 aromatic heterocycles. The summed E-state index contributed by atoms with van der Waals surface area (Å²) in [5.41, 5.74) is 4.02. The molecule has 2 heterocycles. The molecule has 29 heavy (non-hydrogen) atoms. The molecule has 7 heteroatoms. The number of ether oxygens (including phenoxy) is 1. The van der Waals surface area contributed by atoms with E-state index in [1.54, 1.807) is 7.11 Å². The number of Topliss-reactive ketones (excluding diaryl/α,β-unsaturated/α-hetero) is 1. The lowest BCUT2D eigenvalue weighted by Gasteiger charge is -2.17. The molecular formula is C22H28N4O2S. The van der Waals surface area contributed by atoms with Crippen molar-refractivity contribution in [3.63, 3.8) is 0 Å². The van der Waals surface area contributed by atoms with Crippen molar-refractivity contribution >= 4 is 17.5 Å². The Labute approximate surface area is 176 Å². The molecule has 0 saturated heterocycles. The monoisotopic (exact) mass is 412 g/mol. The Morgan fingerprint density at radius 3 is 2.62 bits per heavy atom. The van der Waals surface area contributed by atoms with Crippen LogP contribution in [0.25, 0.3) is 0 Å². The zero-order valence-electron chi connectivity index (χ0n) is 17.7. The molecule has 0 amide bonds. The Balaban J connectivity index is 1.68. The zero-order valence-corrected chi connectivity index (χ0v) is 18.5. The minimum Gasteiger partial charge on any atom is -0.383 e. The molecule has 0 aliphatic carbocycles. The number of hydrogen-bond acceptors (Lipinski definition) is 5.